The Morgan fingerprint density at radius 3 is 2.15 bits per heavy atom. The Hall–Kier alpha value is -4.13. The van der Waals surface area contributed by atoms with Gasteiger partial charge in [0.1, 0.15) is 17.3 Å². The van der Waals surface area contributed by atoms with Crippen LogP contribution in [-0.4, -0.2) is 33.1 Å². The minimum absolute atomic E-state index is 0.198. The number of hydrogen-bond donors (Lipinski definition) is 0. The van der Waals surface area contributed by atoms with Crippen LogP contribution < -0.4 is 19.1 Å². The average molecular weight is 446 g/mol. The predicted octanol–water partition coefficient (Wildman–Crippen LogP) is 4.99. The fourth-order valence-electron chi connectivity index (χ4n) is 3.60. The molecule has 168 valence electrons. The molecule has 0 radical (unpaired) electrons. The van der Waals surface area contributed by atoms with Gasteiger partial charge in [-0.2, -0.15) is 0 Å². The van der Waals surface area contributed by atoms with Crippen LogP contribution in [-0.2, 0) is 4.79 Å². The zero-order valence-electron chi connectivity index (χ0n) is 18.8. The van der Waals surface area contributed by atoms with Gasteiger partial charge in [0.05, 0.1) is 27.0 Å². The van der Waals surface area contributed by atoms with Crippen LogP contribution >= 0.6 is 0 Å². The third kappa shape index (κ3) is 4.17. The molecule has 0 fully saturated rings. The summed E-state index contributed by atoms with van der Waals surface area (Å²) in [5.74, 6) is 1.02. The van der Waals surface area contributed by atoms with Crippen molar-refractivity contribution >= 4 is 23.5 Å². The number of ether oxygens (including phenoxy) is 3. The Bertz CT molecular complexity index is 1240. The van der Waals surface area contributed by atoms with Gasteiger partial charge in [-0.15, -0.1) is 0 Å². The SMILES string of the molecule is COc1cc(C=C2N=C(c3ccccc3)N(c3ccc(C)c(F)c3)C2=O)cc(OC)c1OC. The first-order valence-electron chi connectivity index (χ1n) is 10.2. The molecular weight excluding hydrogens is 423 g/mol. The molecule has 3 aromatic carbocycles. The molecule has 1 amide bonds. The van der Waals surface area contributed by atoms with Gasteiger partial charge in [-0.3, -0.25) is 9.69 Å². The number of methoxy groups -OCH3 is 3. The van der Waals surface area contributed by atoms with E-state index in [9.17, 15) is 9.18 Å². The molecule has 0 saturated heterocycles. The molecule has 1 heterocycles. The van der Waals surface area contributed by atoms with Gasteiger partial charge in [-0.05, 0) is 48.4 Å². The fourth-order valence-corrected chi connectivity index (χ4v) is 3.60. The molecule has 1 aliphatic rings. The highest BCUT2D eigenvalue weighted by atomic mass is 19.1. The molecule has 0 N–H and O–H groups in total. The van der Waals surface area contributed by atoms with Crippen LogP contribution in [0.1, 0.15) is 16.7 Å². The molecular formula is C26H23FN2O4. The van der Waals surface area contributed by atoms with Crippen molar-refractivity contribution in [1.29, 1.82) is 0 Å². The van der Waals surface area contributed by atoms with E-state index in [0.29, 0.717) is 39.9 Å². The van der Waals surface area contributed by atoms with Crippen molar-refractivity contribution < 1.29 is 23.4 Å². The molecule has 0 spiro atoms. The van der Waals surface area contributed by atoms with E-state index in [4.69, 9.17) is 14.2 Å². The van der Waals surface area contributed by atoms with Crippen LogP contribution in [0.5, 0.6) is 17.2 Å². The number of benzene rings is 3. The lowest BCUT2D eigenvalue weighted by Crippen LogP contribution is -2.32. The summed E-state index contributed by atoms with van der Waals surface area (Å²) >= 11 is 0. The number of aryl methyl sites for hydroxylation is 1. The molecule has 0 aliphatic carbocycles. The predicted molar refractivity (Wildman–Crippen MR) is 126 cm³/mol. The van der Waals surface area contributed by atoms with Gasteiger partial charge in [0.2, 0.25) is 5.75 Å². The van der Waals surface area contributed by atoms with Crippen molar-refractivity contribution in [3.8, 4) is 17.2 Å². The molecule has 6 nitrogen and oxygen atoms in total. The van der Waals surface area contributed by atoms with Crippen LogP contribution in [0.4, 0.5) is 10.1 Å². The minimum atomic E-state index is -0.394. The van der Waals surface area contributed by atoms with E-state index in [1.54, 1.807) is 37.3 Å². The maximum Gasteiger partial charge on any atom is 0.282 e. The molecule has 0 atom stereocenters. The normalized spacial score (nSPS) is 14.5. The van der Waals surface area contributed by atoms with Crippen molar-refractivity contribution in [1.82, 2.24) is 0 Å². The van der Waals surface area contributed by atoms with Crippen LogP contribution in [0.3, 0.4) is 0 Å². The minimum Gasteiger partial charge on any atom is -0.493 e. The van der Waals surface area contributed by atoms with Crippen molar-refractivity contribution in [2.75, 3.05) is 26.2 Å². The average Bonchev–Trinajstić information content (AvgIpc) is 3.16. The number of nitrogens with zero attached hydrogens (tertiary/aromatic N) is 2. The van der Waals surface area contributed by atoms with Crippen molar-refractivity contribution in [3.05, 3.63) is 88.9 Å². The summed E-state index contributed by atoms with van der Waals surface area (Å²) in [5, 5.41) is 0. The number of aliphatic imine (C=N–C) groups is 1. The van der Waals surface area contributed by atoms with Crippen LogP contribution in [0.2, 0.25) is 0 Å². The maximum atomic E-state index is 14.3. The lowest BCUT2D eigenvalue weighted by molar-refractivity contribution is -0.113. The van der Waals surface area contributed by atoms with E-state index in [0.717, 1.165) is 5.56 Å². The highest BCUT2D eigenvalue weighted by Crippen LogP contribution is 2.39. The molecule has 4 rings (SSSR count). The summed E-state index contributed by atoms with van der Waals surface area (Å²) in [6.07, 6.45) is 1.64. The second-order valence-corrected chi connectivity index (χ2v) is 7.36. The third-order valence-electron chi connectivity index (χ3n) is 5.30. The molecule has 0 unspecified atom stereocenters. The number of carbonyl (C=O) groups excluding carboxylic acids is 1. The molecule has 1 aliphatic heterocycles. The second kappa shape index (κ2) is 9.16. The van der Waals surface area contributed by atoms with E-state index in [2.05, 4.69) is 4.99 Å². The van der Waals surface area contributed by atoms with Gasteiger partial charge in [-0.1, -0.05) is 36.4 Å². The molecule has 0 bridgehead atoms. The number of amides is 1. The molecule has 0 saturated carbocycles. The van der Waals surface area contributed by atoms with Gasteiger partial charge in [-0.25, -0.2) is 9.38 Å². The quantitative estimate of drug-likeness (QED) is 0.501. The standard InChI is InChI=1S/C26H23FN2O4/c1-16-10-11-19(15-20(16)27)29-25(18-8-6-5-7-9-18)28-21(26(29)30)12-17-13-22(31-2)24(33-4)23(14-17)32-3/h5-15H,1-4H3. The van der Waals surface area contributed by atoms with E-state index < -0.39 is 5.82 Å². The van der Waals surface area contributed by atoms with Gasteiger partial charge >= 0.3 is 0 Å². The highest BCUT2D eigenvalue weighted by molar-refractivity contribution is 6.33. The molecule has 7 heteroatoms. The maximum absolute atomic E-state index is 14.3. The number of halogens is 1. The van der Waals surface area contributed by atoms with Crippen LogP contribution in [0, 0.1) is 12.7 Å². The van der Waals surface area contributed by atoms with Crippen LogP contribution in [0.25, 0.3) is 6.08 Å². The largest absolute Gasteiger partial charge is 0.493 e. The zero-order valence-corrected chi connectivity index (χ0v) is 18.8. The summed E-state index contributed by atoms with van der Waals surface area (Å²) in [5.41, 5.74) is 2.47. The van der Waals surface area contributed by atoms with Crippen molar-refractivity contribution in [3.63, 3.8) is 0 Å². The topological polar surface area (TPSA) is 60.4 Å². The Balaban J connectivity index is 1.84. The number of hydrogen-bond acceptors (Lipinski definition) is 5. The Kier molecular flexibility index (Phi) is 6.13. The first-order chi connectivity index (χ1) is 16.0. The first kappa shape index (κ1) is 22.1. The Morgan fingerprint density at radius 1 is 0.909 bits per heavy atom. The van der Waals surface area contributed by atoms with Gasteiger partial charge < -0.3 is 14.2 Å². The van der Waals surface area contributed by atoms with Crippen molar-refractivity contribution in [2.45, 2.75) is 6.92 Å². The van der Waals surface area contributed by atoms with Crippen molar-refractivity contribution in [2.24, 2.45) is 4.99 Å². The van der Waals surface area contributed by atoms with E-state index in [1.165, 1.54) is 32.3 Å². The lowest BCUT2D eigenvalue weighted by atomic mass is 10.1. The monoisotopic (exact) mass is 446 g/mol. The molecule has 0 aromatic heterocycles. The number of carbonyl (C=O) groups is 1. The van der Waals surface area contributed by atoms with E-state index in [1.807, 2.05) is 30.3 Å². The van der Waals surface area contributed by atoms with Gasteiger partial charge in [0.15, 0.2) is 11.5 Å². The fraction of sp³-hybridized carbons (Fsp3) is 0.154. The van der Waals surface area contributed by atoms with E-state index in [-0.39, 0.29) is 11.6 Å². The van der Waals surface area contributed by atoms with Gasteiger partial charge in [0, 0.05) is 5.56 Å². The summed E-state index contributed by atoms with van der Waals surface area (Å²) in [7, 11) is 4.57. The smallest absolute Gasteiger partial charge is 0.282 e. The zero-order chi connectivity index (χ0) is 23.5. The summed E-state index contributed by atoms with van der Waals surface area (Å²) in [6, 6.07) is 17.4. The second-order valence-electron chi connectivity index (χ2n) is 7.36. The summed E-state index contributed by atoms with van der Waals surface area (Å²) in [4.78, 5) is 19.5. The van der Waals surface area contributed by atoms with Gasteiger partial charge in [0.25, 0.3) is 5.91 Å². The number of anilines is 1. The van der Waals surface area contributed by atoms with Crippen LogP contribution in [0.15, 0.2) is 71.4 Å². The lowest BCUT2D eigenvalue weighted by Gasteiger charge is -2.19. The first-order valence-corrected chi connectivity index (χ1v) is 10.2. The Morgan fingerprint density at radius 2 is 1.58 bits per heavy atom. The summed E-state index contributed by atoms with van der Waals surface area (Å²) < 4.78 is 30.5. The number of amidine groups is 1. The molecule has 3 aromatic rings. The highest BCUT2D eigenvalue weighted by Gasteiger charge is 2.33. The Labute approximate surface area is 191 Å². The summed E-state index contributed by atoms with van der Waals surface area (Å²) in [6.45, 7) is 1.67. The van der Waals surface area contributed by atoms with E-state index >= 15 is 0 Å². The third-order valence-corrected chi connectivity index (χ3v) is 5.30. The molecule has 33 heavy (non-hydrogen) atoms. The number of rotatable bonds is 6.